The Kier molecular flexibility index (Phi) is 4.78. The van der Waals surface area contributed by atoms with Crippen LogP contribution >= 0.6 is 22.7 Å². The second-order valence-corrected chi connectivity index (χ2v) is 14.4. The minimum Gasteiger partial charge on any atom is -0.386 e. The summed E-state index contributed by atoms with van der Waals surface area (Å²) in [7, 11) is 3.98. The maximum Gasteiger partial charge on any atom is 0.0579 e. The zero-order valence-corrected chi connectivity index (χ0v) is 26.5. The SMILES string of the molecule is CNc1cc2c(cc1NC)c1ccc3sc(-c4cc5ccc6c7cc(C)c(C)cc7c7ccc(s4)c5c67)cc4ccc2c1c43. The van der Waals surface area contributed by atoms with Gasteiger partial charge in [-0.1, -0.05) is 48.5 Å². The Balaban J connectivity index is 1.22. The first-order chi connectivity index (χ1) is 21.5. The molecule has 2 N–H and O–H groups in total. The van der Waals surface area contributed by atoms with E-state index in [1.54, 1.807) is 0 Å². The van der Waals surface area contributed by atoms with Crippen LogP contribution in [0.5, 0.6) is 0 Å². The topological polar surface area (TPSA) is 24.1 Å². The summed E-state index contributed by atoms with van der Waals surface area (Å²) < 4.78 is 2.70. The molecular weight excluding hydrogens is 573 g/mol. The Bertz CT molecular complexity index is 2640. The Morgan fingerprint density at radius 3 is 1.20 bits per heavy atom. The highest BCUT2D eigenvalue weighted by Crippen LogP contribution is 2.49. The molecule has 10 aromatic rings. The average molecular weight is 601 g/mol. The largest absolute Gasteiger partial charge is 0.386 e. The highest BCUT2D eigenvalue weighted by molar-refractivity contribution is 7.28. The molecule has 0 aliphatic carbocycles. The van der Waals surface area contributed by atoms with Crippen molar-refractivity contribution in [1.29, 1.82) is 0 Å². The van der Waals surface area contributed by atoms with Crippen molar-refractivity contribution in [3.63, 3.8) is 0 Å². The molecule has 0 saturated carbocycles. The van der Waals surface area contributed by atoms with E-state index in [4.69, 9.17) is 0 Å². The molecule has 2 aromatic heterocycles. The van der Waals surface area contributed by atoms with Gasteiger partial charge >= 0.3 is 0 Å². The second kappa shape index (κ2) is 8.50. The van der Waals surface area contributed by atoms with Crippen LogP contribution in [-0.4, -0.2) is 14.1 Å². The standard InChI is InChI=1S/C40H28N2S2/c1-19-13-27-23-7-5-21-15-35(43-33-11-9-25(39(23)37(21)33)28(27)14-20(19)2)36-16-22-6-8-24-29-17-31(41-3)32(42-4)18-30(29)26-10-12-34(44-36)38(22)40(24)26/h5-18,41-42H,1-4H3. The zero-order valence-electron chi connectivity index (χ0n) is 24.9. The molecule has 8 aromatic carbocycles. The normalized spacial score (nSPS) is 12.5. The van der Waals surface area contributed by atoms with Crippen LogP contribution in [0.25, 0.3) is 94.6 Å². The van der Waals surface area contributed by atoms with Gasteiger partial charge in [-0.25, -0.2) is 0 Å². The van der Waals surface area contributed by atoms with E-state index in [1.165, 1.54) is 106 Å². The minimum atomic E-state index is 1.13. The second-order valence-electron chi connectivity index (χ2n) is 12.3. The first-order valence-corrected chi connectivity index (χ1v) is 16.8. The highest BCUT2D eigenvalue weighted by Gasteiger charge is 2.20. The van der Waals surface area contributed by atoms with Gasteiger partial charge in [-0.3, -0.25) is 0 Å². The average Bonchev–Trinajstić information content (AvgIpc) is 3.54. The van der Waals surface area contributed by atoms with Gasteiger partial charge in [0.15, 0.2) is 0 Å². The van der Waals surface area contributed by atoms with Crippen LogP contribution in [0.1, 0.15) is 11.1 Å². The monoisotopic (exact) mass is 600 g/mol. The van der Waals surface area contributed by atoms with E-state index in [0.29, 0.717) is 0 Å². The minimum absolute atomic E-state index is 1.13. The third kappa shape index (κ3) is 3.05. The lowest BCUT2D eigenvalue weighted by Gasteiger charge is -2.12. The Morgan fingerprint density at radius 1 is 0.409 bits per heavy atom. The maximum atomic E-state index is 3.37. The van der Waals surface area contributed by atoms with E-state index >= 15 is 0 Å². The number of hydrogen-bond acceptors (Lipinski definition) is 4. The number of hydrogen-bond donors (Lipinski definition) is 2. The van der Waals surface area contributed by atoms with Gasteiger partial charge in [0.1, 0.15) is 0 Å². The van der Waals surface area contributed by atoms with Gasteiger partial charge in [-0.2, -0.15) is 0 Å². The van der Waals surface area contributed by atoms with E-state index in [1.807, 2.05) is 36.8 Å². The van der Waals surface area contributed by atoms with Gasteiger partial charge < -0.3 is 10.6 Å². The fourth-order valence-electron chi connectivity index (χ4n) is 7.83. The maximum absolute atomic E-state index is 3.37. The van der Waals surface area contributed by atoms with Crippen molar-refractivity contribution in [1.82, 2.24) is 0 Å². The number of rotatable bonds is 3. The van der Waals surface area contributed by atoms with E-state index in [2.05, 4.69) is 109 Å². The van der Waals surface area contributed by atoms with Crippen LogP contribution in [0.2, 0.25) is 0 Å². The van der Waals surface area contributed by atoms with Gasteiger partial charge in [-0.05, 0) is 126 Å². The Morgan fingerprint density at radius 2 is 0.795 bits per heavy atom. The van der Waals surface area contributed by atoms with E-state index in [-0.39, 0.29) is 0 Å². The van der Waals surface area contributed by atoms with Crippen LogP contribution in [-0.2, 0) is 0 Å². The molecule has 0 radical (unpaired) electrons. The molecule has 0 amide bonds. The van der Waals surface area contributed by atoms with Crippen molar-refractivity contribution in [2.75, 3.05) is 24.7 Å². The molecule has 0 saturated heterocycles. The molecule has 10 rings (SSSR count). The van der Waals surface area contributed by atoms with E-state index in [0.717, 1.165) is 11.4 Å². The molecular formula is C40H28N2S2. The fourth-order valence-corrected chi connectivity index (χ4v) is 10.2. The van der Waals surface area contributed by atoms with Crippen LogP contribution < -0.4 is 10.6 Å². The third-order valence-corrected chi connectivity index (χ3v) is 12.4. The summed E-state index contributed by atoms with van der Waals surface area (Å²) in [4.78, 5) is 2.66. The number of aryl methyl sites for hydroxylation is 2. The predicted molar refractivity (Wildman–Crippen MR) is 199 cm³/mol. The molecule has 4 heteroatoms. The van der Waals surface area contributed by atoms with Crippen LogP contribution in [0.4, 0.5) is 11.4 Å². The Hall–Kier alpha value is -4.64. The van der Waals surface area contributed by atoms with Gasteiger partial charge in [0, 0.05) is 44.0 Å². The predicted octanol–water partition coefficient (Wildman–Crippen LogP) is 12.3. The quantitative estimate of drug-likeness (QED) is 0.211. The Labute approximate surface area is 262 Å². The molecule has 0 aliphatic rings. The van der Waals surface area contributed by atoms with Gasteiger partial charge in [0.25, 0.3) is 0 Å². The number of benzene rings is 6. The van der Waals surface area contributed by atoms with Gasteiger partial charge in [0.2, 0.25) is 0 Å². The van der Waals surface area contributed by atoms with Crippen LogP contribution in [0.3, 0.4) is 0 Å². The summed E-state index contributed by atoms with van der Waals surface area (Å²) in [6.07, 6.45) is 0. The van der Waals surface area contributed by atoms with Crippen molar-refractivity contribution < 1.29 is 0 Å². The summed E-state index contributed by atoms with van der Waals surface area (Å²) in [5, 5.41) is 25.8. The molecule has 0 spiro atoms. The van der Waals surface area contributed by atoms with Crippen LogP contribution in [0, 0.1) is 13.8 Å². The van der Waals surface area contributed by atoms with Crippen molar-refractivity contribution in [3.05, 3.63) is 96.1 Å². The first kappa shape index (κ1) is 24.8. The summed E-state index contributed by atoms with van der Waals surface area (Å²) in [6, 6.07) is 32.9. The number of fused-ring (bicyclic) bond motifs is 6. The van der Waals surface area contributed by atoms with Crippen molar-refractivity contribution in [2.24, 2.45) is 0 Å². The molecule has 0 fully saturated rings. The lowest BCUT2D eigenvalue weighted by Crippen LogP contribution is -1.95. The lowest BCUT2D eigenvalue weighted by molar-refractivity contribution is 1.37. The van der Waals surface area contributed by atoms with Crippen molar-refractivity contribution in [3.8, 4) is 9.75 Å². The smallest absolute Gasteiger partial charge is 0.0579 e. The molecule has 2 heterocycles. The lowest BCUT2D eigenvalue weighted by atomic mass is 10.0. The molecule has 2 nitrogen and oxygen atoms in total. The van der Waals surface area contributed by atoms with Crippen molar-refractivity contribution >= 4 is 119 Å². The summed E-state index contributed by atoms with van der Waals surface area (Å²) in [5.41, 5.74) is 4.97. The van der Waals surface area contributed by atoms with Crippen molar-refractivity contribution in [2.45, 2.75) is 13.8 Å². The molecule has 44 heavy (non-hydrogen) atoms. The molecule has 0 unspecified atom stereocenters. The molecule has 0 aliphatic heterocycles. The highest BCUT2D eigenvalue weighted by atomic mass is 32.1. The molecule has 0 bridgehead atoms. The molecule has 0 atom stereocenters. The zero-order chi connectivity index (χ0) is 29.4. The number of anilines is 2. The summed E-state index contributed by atoms with van der Waals surface area (Å²) >= 11 is 3.84. The van der Waals surface area contributed by atoms with E-state index < -0.39 is 0 Å². The first-order valence-electron chi connectivity index (χ1n) is 15.2. The van der Waals surface area contributed by atoms with E-state index in [9.17, 15) is 0 Å². The molecule has 210 valence electrons. The summed E-state index contributed by atoms with van der Waals surface area (Å²) in [5.74, 6) is 0. The van der Waals surface area contributed by atoms with Gasteiger partial charge in [-0.15, -0.1) is 22.7 Å². The number of nitrogens with one attached hydrogen (secondary N) is 2. The van der Waals surface area contributed by atoms with Gasteiger partial charge in [0.05, 0.1) is 11.4 Å². The third-order valence-electron chi connectivity index (χ3n) is 10.1. The summed E-state index contributed by atoms with van der Waals surface area (Å²) in [6.45, 7) is 4.45. The fraction of sp³-hybridized carbons (Fsp3) is 0.100. The van der Waals surface area contributed by atoms with Crippen LogP contribution in [0.15, 0.2) is 84.9 Å².